The first-order valence-electron chi connectivity index (χ1n) is 8.88. The van der Waals surface area contributed by atoms with Gasteiger partial charge in [-0.15, -0.1) is 0 Å². The van der Waals surface area contributed by atoms with Crippen LogP contribution in [0.4, 0.5) is 5.82 Å². The molecule has 10 nitrogen and oxygen atoms in total. The molecule has 0 spiro atoms. The topological polar surface area (TPSA) is 128 Å². The first-order valence-corrected chi connectivity index (χ1v) is 8.88. The van der Waals surface area contributed by atoms with Gasteiger partial charge in [0.05, 0.1) is 17.3 Å². The van der Waals surface area contributed by atoms with Gasteiger partial charge < -0.3 is 20.5 Å². The van der Waals surface area contributed by atoms with Crippen LogP contribution in [-0.2, 0) is 6.54 Å². The number of carbonyl (C=O) groups is 1. The van der Waals surface area contributed by atoms with E-state index in [0.29, 0.717) is 41.2 Å². The Balaban J connectivity index is 1.87. The molecule has 3 aromatic heterocycles. The van der Waals surface area contributed by atoms with Crippen LogP contribution in [-0.4, -0.2) is 62.8 Å². The Labute approximate surface area is 156 Å². The molecule has 10 heteroatoms. The number of nitrogens with two attached hydrogens (primary N) is 1. The zero-order chi connectivity index (χ0) is 19.4. The Morgan fingerprint density at radius 2 is 2.11 bits per heavy atom. The number of fused-ring (bicyclic) bond motifs is 1. The molecule has 3 aromatic rings. The molecule has 3 N–H and O–H groups in total. The first kappa shape index (κ1) is 18.8. The lowest BCUT2D eigenvalue weighted by Crippen LogP contribution is -2.26. The molecule has 3 rings (SSSR count). The van der Waals surface area contributed by atoms with E-state index in [9.17, 15) is 4.79 Å². The minimum Gasteiger partial charge on any atom is -0.379 e. The van der Waals surface area contributed by atoms with Gasteiger partial charge in [0.25, 0.3) is 5.91 Å². The standard InChI is InChI=1S/C17H24N8O2/c1-4-25-14-11(17(26)20-7-5-6-8-24(2)3)9-19-10-12(14)21-16(25)13-15(18)23-27-22-13/h9-10H,4-8H2,1-3H3,(H2,18,23)(H,20,26). The Kier molecular flexibility index (Phi) is 5.65. The maximum absolute atomic E-state index is 12.7. The van der Waals surface area contributed by atoms with Crippen LogP contribution in [0.3, 0.4) is 0 Å². The third-order valence-corrected chi connectivity index (χ3v) is 4.25. The number of carbonyl (C=O) groups excluding carboxylic acids is 1. The number of imidazole rings is 1. The molecular formula is C17H24N8O2. The Hall–Kier alpha value is -3.01. The summed E-state index contributed by atoms with van der Waals surface area (Å²) in [5.74, 6) is 0.476. The summed E-state index contributed by atoms with van der Waals surface area (Å²) < 4.78 is 6.56. The molecule has 0 aliphatic rings. The molecule has 144 valence electrons. The number of aromatic nitrogens is 5. The highest BCUT2D eigenvalue weighted by Crippen LogP contribution is 2.28. The SMILES string of the molecule is CCn1c(-c2nonc2N)nc2cncc(C(=O)NCCCCN(C)C)c21. The molecule has 0 aliphatic carbocycles. The number of hydrogen-bond acceptors (Lipinski definition) is 8. The Bertz CT molecular complexity index is 930. The van der Waals surface area contributed by atoms with Crippen molar-refractivity contribution in [3.05, 3.63) is 18.0 Å². The summed E-state index contributed by atoms with van der Waals surface area (Å²) in [6, 6.07) is 0. The molecule has 0 aromatic carbocycles. The van der Waals surface area contributed by atoms with Crippen molar-refractivity contribution in [2.24, 2.45) is 0 Å². The summed E-state index contributed by atoms with van der Waals surface area (Å²) >= 11 is 0. The van der Waals surface area contributed by atoms with E-state index in [0.717, 1.165) is 19.4 Å². The van der Waals surface area contributed by atoms with Gasteiger partial charge in [0.1, 0.15) is 5.52 Å². The molecule has 0 saturated heterocycles. The molecule has 0 bridgehead atoms. The van der Waals surface area contributed by atoms with E-state index >= 15 is 0 Å². The van der Waals surface area contributed by atoms with E-state index < -0.39 is 0 Å². The van der Waals surface area contributed by atoms with Crippen molar-refractivity contribution in [3.63, 3.8) is 0 Å². The van der Waals surface area contributed by atoms with Crippen LogP contribution in [0.1, 0.15) is 30.1 Å². The van der Waals surface area contributed by atoms with Crippen LogP contribution >= 0.6 is 0 Å². The van der Waals surface area contributed by atoms with Gasteiger partial charge in [0.15, 0.2) is 17.3 Å². The predicted octanol–water partition coefficient (Wildman–Crippen LogP) is 1.16. The molecule has 0 unspecified atom stereocenters. The molecular weight excluding hydrogens is 348 g/mol. The first-order chi connectivity index (χ1) is 13.0. The quantitative estimate of drug-likeness (QED) is 0.564. The third kappa shape index (κ3) is 3.90. The number of nitrogens with one attached hydrogen (secondary N) is 1. The molecule has 3 heterocycles. The van der Waals surface area contributed by atoms with E-state index in [2.05, 4.69) is 35.1 Å². The molecule has 0 radical (unpaired) electrons. The van der Waals surface area contributed by atoms with Crippen molar-refractivity contribution in [2.75, 3.05) is 32.9 Å². The van der Waals surface area contributed by atoms with E-state index in [1.807, 2.05) is 25.6 Å². The van der Waals surface area contributed by atoms with Crippen molar-refractivity contribution in [3.8, 4) is 11.5 Å². The second-order valence-electron chi connectivity index (χ2n) is 6.50. The lowest BCUT2D eigenvalue weighted by Gasteiger charge is -2.10. The molecule has 0 saturated carbocycles. The zero-order valence-corrected chi connectivity index (χ0v) is 15.8. The van der Waals surface area contributed by atoms with Crippen LogP contribution in [0.25, 0.3) is 22.6 Å². The average Bonchev–Trinajstić information content (AvgIpc) is 3.23. The lowest BCUT2D eigenvalue weighted by atomic mass is 10.2. The Morgan fingerprint density at radius 3 is 2.78 bits per heavy atom. The van der Waals surface area contributed by atoms with E-state index in [-0.39, 0.29) is 11.7 Å². The monoisotopic (exact) mass is 372 g/mol. The van der Waals surface area contributed by atoms with Crippen LogP contribution in [0.15, 0.2) is 17.0 Å². The number of pyridine rings is 1. The number of amides is 1. The Morgan fingerprint density at radius 1 is 1.30 bits per heavy atom. The summed E-state index contributed by atoms with van der Waals surface area (Å²) in [5, 5.41) is 10.4. The van der Waals surface area contributed by atoms with Gasteiger partial charge >= 0.3 is 0 Å². The van der Waals surface area contributed by atoms with Gasteiger partial charge in [-0.1, -0.05) is 0 Å². The lowest BCUT2D eigenvalue weighted by molar-refractivity contribution is 0.0953. The number of unbranched alkanes of at least 4 members (excludes halogenated alkanes) is 1. The minimum atomic E-state index is -0.176. The fraction of sp³-hybridized carbons (Fsp3) is 0.471. The third-order valence-electron chi connectivity index (χ3n) is 4.25. The zero-order valence-electron chi connectivity index (χ0n) is 15.8. The van der Waals surface area contributed by atoms with Crippen LogP contribution in [0, 0.1) is 0 Å². The van der Waals surface area contributed by atoms with E-state index in [1.54, 1.807) is 12.4 Å². The summed E-state index contributed by atoms with van der Waals surface area (Å²) in [6.45, 7) is 4.13. The highest BCUT2D eigenvalue weighted by Gasteiger charge is 2.22. The summed E-state index contributed by atoms with van der Waals surface area (Å²) in [7, 11) is 4.07. The maximum atomic E-state index is 12.7. The minimum absolute atomic E-state index is 0.153. The van der Waals surface area contributed by atoms with Crippen molar-refractivity contribution >= 4 is 22.8 Å². The maximum Gasteiger partial charge on any atom is 0.255 e. The van der Waals surface area contributed by atoms with Gasteiger partial charge in [-0.05, 0) is 50.7 Å². The normalized spacial score (nSPS) is 11.4. The largest absolute Gasteiger partial charge is 0.379 e. The fourth-order valence-electron chi connectivity index (χ4n) is 2.94. The average molecular weight is 372 g/mol. The van der Waals surface area contributed by atoms with Gasteiger partial charge in [-0.25, -0.2) is 9.61 Å². The number of anilines is 1. The van der Waals surface area contributed by atoms with Crippen LogP contribution in [0.2, 0.25) is 0 Å². The number of nitrogens with zero attached hydrogens (tertiary/aromatic N) is 6. The number of nitrogen functional groups attached to an aromatic ring is 1. The second-order valence-corrected chi connectivity index (χ2v) is 6.50. The fourth-order valence-corrected chi connectivity index (χ4v) is 2.94. The van der Waals surface area contributed by atoms with E-state index in [4.69, 9.17) is 5.73 Å². The van der Waals surface area contributed by atoms with Crippen molar-refractivity contribution < 1.29 is 9.42 Å². The summed E-state index contributed by atoms with van der Waals surface area (Å²) in [4.78, 5) is 23.5. The van der Waals surface area contributed by atoms with Crippen LogP contribution < -0.4 is 11.1 Å². The number of aryl methyl sites for hydroxylation is 1. The van der Waals surface area contributed by atoms with E-state index in [1.165, 1.54) is 0 Å². The highest BCUT2D eigenvalue weighted by atomic mass is 16.6. The van der Waals surface area contributed by atoms with Crippen LogP contribution in [0.5, 0.6) is 0 Å². The highest BCUT2D eigenvalue weighted by molar-refractivity contribution is 6.05. The predicted molar refractivity (Wildman–Crippen MR) is 101 cm³/mol. The van der Waals surface area contributed by atoms with Gasteiger partial charge in [-0.2, -0.15) is 0 Å². The molecule has 0 aliphatic heterocycles. The number of rotatable bonds is 8. The molecule has 1 amide bonds. The number of hydrogen-bond donors (Lipinski definition) is 2. The van der Waals surface area contributed by atoms with Crippen molar-refractivity contribution in [1.29, 1.82) is 0 Å². The molecule has 0 atom stereocenters. The van der Waals surface area contributed by atoms with Gasteiger partial charge in [0, 0.05) is 19.3 Å². The summed E-state index contributed by atoms with van der Waals surface area (Å²) in [6.07, 6.45) is 5.10. The van der Waals surface area contributed by atoms with Crippen molar-refractivity contribution in [2.45, 2.75) is 26.3 Å². The summed E-state index contributed by atoms with van der Waals surface area (Å²) in [5.41, 5.74) is 7.91. The molecule has 0 fully saturated rings. The second kappa shape index (κ2) is 8.12. The van der Waals surface area contributed by atoms with Crippen molar-refractivity contribution in [1.82, 2.24) is 35.1 Å². The van der Waals surface area contributed by atoms with Gasteiger partial charge in [0.2, 0.25) is 0 Å². The van der Waals surface area contributed by atoms with Gasteiger partial charge in [-0.3, -0.25) is 9.78 Å². The smallest absolute Gasteiger partial charge is 0.255 e. The molecule has 27 heavy (non-hydrogen) atoms.